The minimum Gasteiger partial charge on any atom is -0.393 e. The number of morpholine rings is 1. The highest BCUT2D eigenvalue weighted by molar-refractivity contribution is 6.32. The van der Waals surface area contributed by atoms with Crippen LogP contribution in [0.2, 0.25) is 5.15 Å². The van der Waals surface area contributed by atoms with Gasteiger partial charge in [-0.3, -0.25) is 4.90 Å². The van der Waals surface area contributed by atoms with Gasteiger partial charge in [-0.25, -0.2) is 9.97 Å². The lowest BCUT2D eigenvalue weighted by molar-refractivity contribution is -0.0192. The second kappa shape index (κ2) is 6.17. The maximum absolute atomic E-state index is 5.83. The molecule has 2 rings (SSSR count). The van der Waals surface area contributed by atoms with Crippen LogP contribution in [-0.4, -0.2) is 53.8 Å². The smallest absolute Gasteiger partial charge is 0.157 e. The molecule has 1 fully saturated rings. The fourth-order valence-corrected chi connectivity index (χ4v) is 2.05. The van der Waals surface area contributed by atoms with Crippen molar-refractivity contribution in [2.24, 2.45) is 0 Å². The molecule has 0 aromatic carbocycles. The minimum atomic E-state index is 0.145. The zero-order valence-corrected chi connectivity index (χ0v) is 11.2. The molecule has 6 nitrogen and oxygen atoms in total. The van der Waals surface area contributed by atoms with E-state index in [1.165, 1.54) is 6.33 Å². The van der Waals surface area contributed by atoms with Crippen LogP contribution in [0.25, 0.3) is 0 Å². The number of nitrogens with zero attached hydrogens (tertiary/aromatic N) is 3. The molecule has 3 N–H and O–H groups in total. The molecule has 1 aliphatic heterocycles. The number of nitrogens with one attached hydrogen (secondary N) is 1. The average Bonchev–Trinajstić information content (AvgIpc) is 2.41. The Labute approximate surface area is 111 Å². The number of nitrogen functional groups attached to an aromatic ring is 1. The van der Waals surface area contributed by atoms with E-state index in [0.29, 0.717) is 18.1 Å². The van der Waals surface area contributed by atoms with Crippen molar-refractivity contribution < 1.29 is 4.74 Å². The van der Waals surface area contributed by atoms with Crippen LogP contribution in [0.1, 0.15) is 6.92 Å². The van der Waals surface area contributed by atoms with E-state index in [2.05, 4.69) is 27.1 Å². The average molecular weight is 272 g/mol. The Hall–Kier alpha value is -1.11. The van der Waals surface area contributed by atoms with Crippen molar-refractivity contribution in [2.45, 2.75) is 13.0 Å². The van der Waals surface area contributed by atoms with Crippen molar-refractivity contribution in [3.63, 3.8) is 0 Å². The Kier molecular flexibility index (Phi) is 4.57. The van der Waals surface area contributed by atoms with Crippen molar-refractivity contribution in [3.05, 3.63) is 11.5 Å². The summed E-state index contributed by atoms with van der Waals surface area (Å²) in [7, 11) is 0. The molecule has 1 atom stereocenters. The summed E-state index contributed by atoms with van der Waals surface area (Å²) in [5.74, 6) is 0.562. The molecule has 7 heteroatoms. The molecule has 0 amide bonds. The molecule has 0 bridgehead atoms. The summed E-state index contributed by atoms with van der Waals surface area (Å²) in [4.78, 5) is 10.2. The number of nitrogens with two attached hydrogens (primary N) is 1. The summed E-state index contributed by atoms with van der Waals surface area (Å²) in [6, 6.07) is 0. The van der Waals surface area contributed by atoms with Gasteiger partial charge in [0.1, 0.15) is 12.0 Å². The number of aromatic nitrogens is 2. The molecular weight excluding hydrogens is 254 g/mol. The van der Waals surface area contributed by atoms with E-state index in [1.807, 2.05) is 0 Å². The van der Waals surface area contributed by atoms with E-state index < -0.39 is 0 Å². The van der Waals surface area contributed by atoms with E-state index in [0.717, 1.165) is 26.2 Å². The first-order chi connectivity index (χ1) is 8.70. The second-order valence-corrected chi connectivity index (χ2v) is 4.55. The minimum absolute atomic E-state index is 0.145. The molecule has 1 aliphatic rings. The third-order valence-electron chi connectivity index (χ3n) is 3.00. The van der Waals surface area contributed by atoms with Crippen LogP contribution in [0.3, 0.4) is 0 Å². The fraction of sp³-hybridized carbons (Fsp3) is 0.636. The standard InChI is InChI=1S/C11H18ClN5O/c1-2-17-3-4-18-8(6-17)5-14-11-9(13)10(12)15-7-16-11/h7-8H,2-6,13H2,1H3,(H,14,15,16). The maximum Gasteiger partial charge on any atom is 0.157 e. The molecule has 0 saturated carbocycles. The van der Waals surface area contributed by atoms with E-state index in [4.69, 9.17) is 22.1 Å². The molecule has 2 heterocycles. The van der Waals surface area contributed by atoms with E-state index in [-0.39, 0.29) is 11.3 Å². The number of hydrogen-bond acceptors (Lipinski definition) is 6. The molecule has 1 saturated heterocycles. The van der Waals surface area contributed by atoms with Gasteiger partial charge in [0.15, 0.2) is 11.0 Å². The predicted molar refractivity (Wildman–Crippen MR) is 71.8 cm³/mol. The summed E-state index contributed by atoms with van der Waals surface area (Å²) in [5, 5.41) is 3.43. The number of likely N-dealkylation sites (N-methyl/N-ethyl adjacent to an activating group) is 1. The Morgan fingerprint density at radius 1 is 1.61 bits per heavy atom. The molecule has 0 aliphatic carbocycles. The lowest BCUT2D eigenvalue weighted by Crippen LogP contribution is -2.45. The first-order valence-electron chi connectivity index (χ1n) is 6.04. The van der Waals surface area contributed by atoms with Gasteiger partial charge in [-0.05, 0) is 6.54 Å². The van der Waals surface area contributed by atoms with Crippen LogP contribution in [0, 0.1) is 0 Å². The van der Waals surface area contributed by atoms with Gasteiger partial charge < -0.3 is 15.8 Å². The lowest BCUT2D eigenvalue weighted by Gasteiger charge is -2.32. The SMILES string of the molecule is CCN1CCOC(CNc2ncnc(Cl)c2N)C1. The van der Waals surface area contributed by atoms with Crippen molar-refractivity contribution in [2.75, 3.05) is 43.8 Å². The van der Waals surface area contributed by atoms with Gasteiger partial charge in [0.2, 0.25) is 0 Å². The Bertz CT molecular complexity index is 403. The van der Waals surface area contributed by atoms with Crippen molar-refractivity contribution in [1.29, 1.82) is 0 Å². The molecule has 1 aromatic rings. The zero-order valence-electron chi connectivity index (χ0n) is 10.4. The van der Waals surface area contributed by atoms with Crippen LogP contribution in [0.15, 0.2) is 6.33 Å². The third-order valence-corrected chi connectivity index (χ3v) is 3.30. The number of halogens is 1. The van der Waals surface area contributed by atoms with Gasteiger partial charge in [0, 0.05) is 19.6 Å². The van der Waals surface area contributed by atoms with E-state index in [9.17, 15) is 0 Å². The number of anilines is 2. The van der Waals surface area contributed by atoms with Gasteiger partial charge >= 0.3 is 0 Å². The predicted octanol–water partition coefficient (Wildman–Crippen LogP) is 0.845. The summed E-state index contributed by atoms with van der Waals surface area (Å²) in [6.07, 6.45) is 1.54. The highest BCUT2D eigenvalue weighted by atomic mass is 35.5. The van der Waals surface area contributed by atoms with Crippen LogP contribution in [0.4, 0.5) is 11.5 Å². The topological polar surface area (TPSA) is 76.3 Å². The fourth-order valence-electron chi connectivity index (χ4n) is 1.92. The quantitative estimate of drug-likeness (QED) is 0.791. The summed E-state index contributed by atoms with van der Waals surface area (Å²) < 4.78 is 5.68. The van der Waals surface area contributed by atoms with E-state index in [1.54, 1.807) is 0 Å². The number of rotatable bonds is 4. The van der Waals surface area contributed by atoms with Gasteiger partial charge in [0.25, 0.3) is 0 Å². The van der Waals surface area contributed by atoms with Gasteiger partial charge in [0.05, 0.1) is 12.7 Å². The Morgan fingerprint density at radius 3 is 3.22 bits per heavy atom. The Morgan fingerprint density at radius 2 is 2.44 bits per heavy atom. The van der Waals surface area contributed by atoms with Crippen LogP contribution < -0.4 is 11.1 Å². The number of ether oxygens (including phenoxy) is 1. The summed E-state index contributed by atoms with van der Waals surface area (Å²) in [5.41, 5.74) is 6.16. The first kappa shape index (κ1) is 13.3. The second-order valence-electron chi connectivity index (χ2n) is 4.19. The largest absolute Gasteiger partial charge is 0.393 e. The van der Waals surface area contributed by atoms with Crippen molar-refractivity contribution >= 4 is 23.1 Å². The number of hydrogen-bond donors (Lipinski definition) is 2. The van der Waals surface area contributed by atoms with Crippen LogP contribution >= 0.6 is 11.6 Å². The van der Waals surface area contributed by atoms with Gasteiger partial charge in [-0.2, -0.15) is 0 Å². The maximum atomic E-state index is 5.83. The molecule has 100 valence electrons. The molecule has 1 aromatic heterocycles. The molecule has 1 unspecified atom stereocenters. The first-order valence-corrected chi connectivity index (χ1v) is 6.42. The monoisotopic (exact) mass is 271 g/mol. The Balaban J connectivity index is 1.89. The normalized spacial score (nSPS) is 20.9. The van der Waals surface area contributed by atoms with Crippen molar-refractivity contribution in [3.8, 4) is 0 Å². The van der Waals surface area contributed by atoms with Crippen LogP contribution in [-0.2, 0) is 4.74 Å². The van der Waals surface area contributed by atoms with Crippen LogP contribution in [0.5, 0.6) is 0 Å². The molecule has 18 heavy (non-hydrogen) atoms. The highest BCUT2D eigenvalue weighted by Gasteiger charge is 2.19. The highest BCUT2D eigenvalue weighted by Crippen LogP contribution is 2.21. The zero-order chi connectivity index (χ0) is 13.0. The van der Waals surface area contributed by atoms with E-state index >= 15 is 0 Å². The molecule has 0 radical (unpaired) electrons. The summed E-state index contributed by atoms with van der Waals surface area (Å²) >= 11 is 5.83. The third kappa shape index (κ3) is 3.22. The molecule has 0 spiro atoms. The lowest BCUT2D eigenvalue weighted by atomic mass is 10.2. The summed E-state index contributed by atoms with van der Waals surface area (Å²) in [6.45, 7) is 6.53. The van der Waals surface area contributed by atoms with Gasteiger partial charge in [-0.15, -0.1) is 0 Å². The van der Waals surface area contributed by atoms with Crippen molar-refractivity contribution in [1.82, 2.24) is 14.9 Å². The van der Waals surface area contributed by atoms with Gasteiger partial charge in [-0.1, -0.05) is 18.5 Å². The molecular formula is C11H18ClN5O.